The molecule has 0 aliphatic carbocycles. The average Bonchev–Trinajstić information content (AvgIpc) is 3.07. The number of halogens is 1. The number of hydrogen-bond acceptors (Lipinski definition) is 5. The minimum absolute atomic E-state index is 0. The second-order valence-corrected chi connectivity index (χ2v) is 9.46. The van der Waals surface area contributed by atoms with Gasteiger partial charge in [0.15, 0.2) is 0 Å². The number of rotatable bonds is 9. The second-order valence-electron chi connectivity index (χ2n) is 6.77. The summed E-state index contributed by atoms with van der Waals surface area (Å²) in [5, 5.41) is 3.14. The van der Waals surface area contributed by atoms with Crippen LogP contribution in [0.4, 0.5) is 0 Å². The second kappa shape index (κ2) is 11.3. The largest absolute Gasteiger partial charge is 0.341 e. The van der Waals surface area contributed by atoms with Gasteiger partial charge in [0.05, 0.1) is 4.90 Å². The molecule has 2 unspecified atom stereocenters. The normalized spacial score (nSPS) is 18.2. The predicted molar refractivity (Wildman–Crippen MR) is 114 cm³/mol. The Kier molecular flexibility index (Phi) is 10.1. The molecule has 1 aliphatic heterocycles. The molecule has 154 valence electrons. The SMILES string of the molecule is CNCC1CCN(C(=O)C(CCSC)NS(=O)(=O)c2ccc(C)cc2)C1.Cl. The van der Waals surface area contributed by atoms with Gasteiger partial charge in [0.1, 0.15) is 6.04 Å². The number of thioether (sulfide) groups is 1. The Morgan fingerprint density at radius 2 is 2.00 bits per heavy atom. The van der Waals surface area contributed by atoms with Crippen molar-refractivity contribution in [3.63, 3.8) is 0 Å². The minimum atomic E-state index is -3.72. The van der Waals surface area contributed by atoms with Crippen molar-refractivity contribution in [1.29, 1.82) is 0 Å². The van der Waals surface area contributed by atoms with Crippen molar-refractivity contribution in [3.8, 4) is 0 Å². The van der Waals surface area contributed by atoms with Crippen LogP contribution in [-0.4, -0.2) is 64.0 Å². The van der Waals surface area contributed by atoms with E-state index in [0.717, 1.165) is 24.3 Å². The smallest absolute Gasteiger partial charge is 0.241 e. The van der Waals surface area contributed by atoms with Crippen LogP contribution in [0, 0.1) is 12.8 Å². The number of carbonyl (C=O) groups excluding carboxylic acids is 1. The van der Waals surface area contributed by atoms with E-state index in [1.165, 1.54) is 0 Å². The fraction of sp³-hybridized carbons (Fsp3) is 0.611. The summed E-state index contributed by atoms with van der Waals surface area (Å²) in [7, 11) is -1.82. The zero-order chi connectivity index (χ0) is 19.2. The van der Waals surface area contributed by atoms with Crippen LogP contribution in [0.5, 0.6) is 0 Å². The summed E-state index contributed by atoms with van der Waals surface area (Å²) in [6.45, 7) is 4.15. The third kappa shape index (κ3) is 6.94. The molecule has 1 aromatic rings. The molecule has 2 N–H and O–H groups in total. The van der Waals surface area contributed by atoms with Crippen LogP contribution in [0.15, 0.2) is 29.2 Å². The zero-order valence-electron chi connectivity index (χ0n) is 16.1. The Labute approximate surface area is 173 Å². The van der Waals surface area contributed by atoms with Crippen LogP contribution in [0.25, 0.3) is 0 Å². The van der Waals surface area contributed by atoms with Crippen molar-refractivity contribution >= 4 is 40.1 Å². The van der Waals surface area contributed by atoms with E-state index in [9.17, 15) is 13.2 Å². The Morgan fingerprint density at radius 1 is 1.33 bits per heavy atom. The number of carbonyl (C=O) groups is 1. The monoisotopic (exact) mass is 435 g/mol. The van der Waals surface area contributed by atoms with E-state index < -0.39 is 16.1 Å². The van der Waals surface area contributed by atoms with Crippen LogP contribution < -0.4 is 10.0 Å². The molecule has 2 atom stereocenters. The first-order valence-corrected chi connectivity index (χ1v) is 11.8. The number of likely N-dealkylation sites (tertiary alicyclic amines) is 1. The topological polar surface area (TPSA) is 78.5 Å². The lowest BCUT2D eigenvalue weighted by atomic mass is 10.1. The van der Waals surface area contributed by atoms with Gasteiger partial charge in [0.2, 0.25) is 15.9 Å². The van der Waals surface area contributed by atoms with Gasteiger partial charge in [-0.15, -0.1) is 12.4 Å². The molecular formula is C18H30ClN3O3S2. The summed E-state index contributed by atoms with van der Waals surface area (Å²) in [6, 6.07) is 5.95. The maximum absolute atomic E-state index is 12.9. The van der Waals surface area contributed by atoms with Crippen LogP contribution in [0.3, 0.4) is 0 Å². The molecular weight excluding hydrogens is 406 g/mol. The maximum Gasteiger partial charge on any atom is 0.241 e. The lowest BCUT2D eigenvalue weighted by molar-refractivity contribution is -0.132. The number of aryl methyl sites for hydroxylation is 1. The first kappa shape index (κ1) is 24.2. The van der Waals surface area contributed by atoms with Crippen molar-refractivity contribution in [3.05, 3.63) is 29.8 Å². The molecule has 1 heterocycles. The van der Waals surface area contributed by atoms with E-state index in [-0.39, 0.29) is 23.2 Å². The fourth-order valence-electron chi connectivity index (χ4n) is 3.15. The van der Waals surface area contributed by atoms with Crippen molar-refractivity contribution in [2.24, 2.45) is 5.92 Å². The van der Waals surface area contributed by atoms with E-state index >= 15 is 0 Å². The molecule has 0 spiro atoms. The summed E-state index contributed by atoms with van der Waals surface area (Å²) >= 11 is 1.61. The Morgan fingerprint density at radius 3 is 2.59 bits per heavy atom. The number of amides is 1. The molecule has 0 radical (unpaired) electrons. The molecule has 1 aromatic carbocycles. The molecule has 9 heteroatoms. The van der Waals surface area contributed by atoms with Gasteiger partial charge in [-0.05, 0) is 63.4 Å². The van der Waals surface area contributed by atoms with Gasteiger partial charge in [0, 0.05) is 13.1 Å². The van der Waals surface area contributed by atoms with E-state index in [1.807, 2.05) is 20.2 Å². The fourth-order valence-corrected chi connectivity index (χ4v) is 4.84. The average molecular weight is 436 g/mol. The van der Waals surface area contributed by atoms with Crippen molar-refractivity contribution in [2.75, 3.05) is 38.7 Å². The minimum Gasteiger partial charge on any atom is -0.341 e. The highest BCUT2D eigenvalue weighted by molar-refractivity contribution is 7.98. The molecule has 2 rings (SSSR count). The summed E-state index contributed by atoms with van der Waals surface area (Å²) < 4.78 is 28.0. The number of benzene rings is 1. The molecule has 6 nitrogen and oxygen atoms in total. The summed E-state index contributed by atoms with van der Waals surface area (Å²) in [6.07, 6.45) is 3.39. The van der Waals surface area contributed by atoms with Crippen molar-refractivity contribution < 1.29 is 13.2 Å². The van der Waals surface area contributed by atoms with E-state index in [0.29, 0.717) is 25.4 Å². The van der Waals surface area contributed by atoms with E-state index in [1.54, 1.807) is 40.9 Å². The summed E-state index contributed by atoms with van der Waals surface area (Å²) in [4.78, 5) is 14.9. The lowest BCUT2D eigenvalue weighted by Gasteiger charge is -2.24. The van der Waals surface area contributed by atoms with E-state index in [2.05, 4.69) is 10.0 Å². The molecule has 1 saturated heterocycles. The van der Waals surface area contributed by atoms with Crippen LogP contribution in [0.2, 0.25) is 0 Å². The van der Waals surface area contributed by atoms with Gasteiger partial charge in [-0.3, -0.25) is 4.79 Å². The van der Waals surface area contributed by atoms with Crippen molar-refractivity contribution in [2.45, 2.75) is 30.7 Å². The van der Waals surface area contributed by atoms with E-state index in [4.69, 9.17) is 0 Å². The predicted octanol–water partition coefficient (Wildman–Crippen LogP) is 1.88. The van der Waals surface area contributed by atoms with Gasteiger partial charge in [-0.1, -0.05) is 17.7 Å². The summed E-state index contributed by atoms with van der Waals surface area (Å²) in [5.74, 6) is 1.04. The van der Waals surface area contributed by atoms with Gasteiger partial charge < -0.3 is 10.2 Å². The molecule has 0 bridgehead atoms. The van der Waals surface area contributed by atoms with Crippen LogP contribution in [-0.2, 0) is 14.8 Å². The summed E-state index contributed by atoms with van der Waals surface area (Å²) in [5.41, 5.74) is 0.992. The zero-order valence-corrected chi connectivity index (χ0v) is 18.6. The quantitative estimate of drug-likeness (QED) is 0.619. The molecule has 1 fully saturated rings. The lowest BCUT2D eigenvalue weighted by Crippen LogP contribution is -2.48. The first-order valence-electron chi connectivity index (χ1n) is 8.88. The Hall–Kier alpha value is -0.800. The molecule has 27 heavy (non-hydrogen) atoms. The first-order chi connectivity index (χ1) is 12.4. The van der Waals surface area contributed by atoms with Crippen molar-refractivity contribution in [1.82, 2.24) is 14.9 Å². The van der Waals surface area contributed by atoms with Gasteiger partial charge >= 0.3 is 0 Å². The standard InChI is InChI=1S/C18H29N3O3S2.ClH/c1-14-4-6-16(7-5-14)26(23,24)20-17(9-11-25-3)18(22)21-10-8-15(13-21)12-19-2;/h4-7,15,17,19-20H,8-13H2,1-3H3;1H. The number of nitrogens with zero attached hydrogens (tertiary/aromatic N) is 1. The maximum atomic E-state index is 12.9. The highest BCUT2D eigenvalue weighted by atomic mass is 35.5. The van der Waals surface area contributed by atoms with Gasteiger partial charge in [0.25, 0.3) is 0 Å². The molecule has 0 aromatic heterocycles. The third-order valence-electron chi connectivity index (χ3n) is 4.63. The third-order valence-corrected chi connectivity index (χ3v) is 6.76. The van der Waals surface area contributed by atoms with Gasteiger partial charge in [-0.25, -0.2) is 8.42 Å². The molecule has 1 amide bonds. The van der Waals surface area contributed by atoms with Gasteiger partial charge in [-0.2, -0.15) is 16.5 Å². The number of hydrogen-bond donors (Lipinski definition) is 2. The number of nitrogens with one attached hydrogen (secondary N) is 2. The Bertz CT molecular complexity index is 698. The van der Waals surface area contributed by atoms with Crippen LogP contribution >= 0.6 is 24.2 Å². The molecule has 0 saturated carbocycles. The van der Waals surface area contributed by atoms with Crippen LogP contribution in [0.1, 0.15) is 18.4 Å². The number of sulfonamides is 1. The molecule has 1 aliphatic rings. The highest BCUT2D eigenvalue weighted by Gasteiger charge is 2.33. The Balaban J connectivity index is 0.00000364. The highest BCUT2D eigenvalue weighted by Crippen LogP contribution is 2.19.